The topological polar surface area (TPSA) is 69.5 Å². The molecule has 0 radical (unpaired) electrons. The highest BCUT2D eigenvalue weighted by Crippen LogP contribution is 2.00. The Morgan fingerprint density at radius 2 is 2.15 bits per heavy atom. The van der Waals surface area contributed by atoms with Crippen LogP contribution < -0.4 is 0 Å². The maximum Gasteiger partial charge on any atom is 0.435 e. The molecule has 6 nitrogen and oxygen atoms in total. The predicted octanol–water partition coefficient (Wildman–Crippen LogP) is 1.08. The normalized spacial score (nSPS) is 11.8. The van der Waals surface area contributed by atoms with Gasteiger partial charge in [0.2, 0.25) is 6.40 Å². The number of carbonyl (C=O) groups excluding carboxylic acids is 1. The summed E-state index contributed by atoms with van der Waals surface area (Å²) >= 11 is 1.18. The van der Waals surface area contributed by atoms with Gasteiger partial charge in [-0.3, -0.25) is 0 Å². The first kappa shape index (κ1) is 11.9. The zero-order valence-corrected chi connectivity index (χ0v) is 8.33. The van der Waals surface area contributed by atoms with Crippen LogP contribution in [0.4, 0.5) is 4.79 Å². The van der Waals surface area contributed by atoms with Crippen molar-refractivity contribution in [3.05, 3.63) is 0 Å². The Labute approximate surface area is 79.9 Å². The van der Waals surface area contributed by atoms with Gasteiger partial charge < -0.3 is 9.62 Å². The van der Waals surface area contributed by atoms with Gasteiger partial charge in [-0.2, -0.15) is 9.88 Å². The number of amides is 1. The van der Waals surface area contributed by atoms with Gasteiger partial charge in [-0.25, -0.2) is 4.79 Å². The molecular weight excluding hydrogens is 196 g/mol. The van der Waals surface area contributed by atoms with Crippen molar-refractivity contribution in [2.75, 3.05) is 20.5 Å². The summed E-state index contributed by atoms with van der Waals surface area (Å²) in [6, 6.07) is 0. The number of methoxy groups -OCH3 is 1. The van der Waals surface area contributed by atoms with Crippen molar-refractivity contribution in [1.29, 1.82) is 0 Å². The number of nitrogens with zero attached hydrogens (tertiary/aromatic N) is 2. The number of ether oxygens (including phenoxy) is 1. The fraction of sp³-hybridized carbons (Fsp3) is 0.500. The summed E-state index contributed by atoms with van der Waals surface area (Å²) in [5.41, 5.74) is 0. The molecule has 0 spiro atoms. The third-order valence-electron chi connectivity index (χ3n) is 0.847. The van der Waals surface area contributed by atoms with Crippen molar-refractivity contribution in [2.24, 2.45) is 9.98 Å². The van der Waals surface area contributed by atoms with Crippen LogP contribution in [0.3, 0.4) is 0 Å². The fourth-order valence-electron chi connectivity index (χ4n) is 0.361. The summed E-state index contributed by atoms with van der Waals surface area (Å²) in [5, 5.41) is 0.226. The van der Waals surface area contributed by atoms with E-state index in [0.717, 1.165) is 6.40 Å². The highest BCUT2D eigenvalue weighted by molar-refractivity contribution is 8.13. The summed E-state index contributed by atoms with van der Waals surface area (Å²) in [7, 11) is 2.57. The number of carbonyl (C=O) groups is 1. The van der Waals surface area contributed by atoms with Crippen LogP contribution in [0.5, 0.6) is 0 Å². The Bertz CT molecular complexity index is 217. The molecule has 0 bridgehead atoms. The van der Waals surface area contributed by atoms with Gasteiger partial charge >= 0.3 is 6.09 Å². The largest absolute Gasteiger partial charge is 0.451 e. The first-order valence-electron chi connectivity index (χ1n) is 3.17. The maximum absolute atomic E-state index is 10.6. The lowest BCUT2D eigenvalue weighted by Gasteiger charge is -1.94. The van der Waals surface area contributed by atoms with Crippen LogP contribution in [0.1, 0.15) is 0 Å². The van der Waals surface area contributed by atoms with Gasteiger partial charge in [-0.1, -0.05) is 11.8 Å². The predicted molar refractivity (Wildman–Crippen MR) is 49.9 cm³/mol. The van der Waals surface area contributed by atoms with E-state index >= 15 is 0 Å². The standard InChI is InChI=1S/C6H10N2O4S/c1-10-6(9)8-5(13-3)7-4-12-11-2/h4H,1-3H3/b7-4-,8-5-. The van der Waals surface area contributed by atoms with Gasteiger partial charge in [-0.05, 0) is 6.26 Å². The van der Waals surface area contributed by atoms with Crippen LogP contribution in [-0.4, -0.2) is 38.1 Å². The SMILES string of the molecule is COO/C=N\C(=N\C(=O)OC)SC. The van der Waals surface area contributed by atoms with E-state index in [0.29, 0.717) is 0 Å². The average molecular weight is 206 g/mol. The second kappa shape index (κ2) is 7.56. The van der Waals surface area contributed by atoms with Gasteiger partial charge in [0.05, 0.1) is 14.2 Å². The zero-order valence-electron chi connectivity index (χ0n) is 7.51. The first-order chi connectivity index (χ1) is 6.24. The number of thioether (sulfide) groups is 1. The Hall–Kier alpha value is -1.08. The molecule has 0 aromatic heterocycles. The number of hydrogen-bond acceptors (Lipinski definition) is 5. The molecule has 1 amide bonds. The summed E-state index contributed by atoms with van der Waals surface area (Å²) in [6.07, 6.45) is 2.03. The maximum atomic E-state index is 10.6. The monoisotopic (exact) mass is 206 g/mol. The van der Waals surface area contributed by atoms with Crippen molar-refractivity contribution in [3.8, 4) is 0 Å². The lowest BCUT2D eigenvalue weighted by atomic mass is 11.1. The average Bonchev–Trinajstić information content (AvgIpc) is 2.16. The van der Waals surface area contributed by atoms with Crippen molar-refractivity contribution in [2.45, 2.75) is 0 Å². The molecule has 13 heavy (non-hydrogen) atoms. The molecule has 0 fully saturated rings. The van der Waals surface area contributed by atoms with E-state index in [1.54, 1.807) is 6.26 Å². The van der Waals surface area contributed by atoms with E-state index in [9.17, 15) is 4.79 Å². The molecule has 0 aliphatic rings. The summed E-state index contributed by atoms with van der Waals surface area (Å²) in [4.78, 5) is 26.4. The molecule has 0 heterocycles. The highest BCUT2D eigenvalue weighted by Gasteiger charge is 1.99. The first-order valence-corrected chi connectivity index (χ1v) is 4.39. The third-order valence-corrected chi connectivity index (χ3v) is 1.41. The number of amidine groups is 1. The van der Waals surface area contributed by atoms with Crippen LogP contribution in [0.25, 0.3) is 0 Å². The number of rotatable bonds is 2. The van der Waals surface area contributed by atoms with E-state index in [-0.39, 0.29) is 5.17 Å². The minimum Gasteiger partial charge on any atom is -0.451 e. The second-order valence-corrected chi connectivity index (χ2v) is 2.34. The van der Waals surface area contributed by atoms with Gasteiger partial charge in [0.1, 0.15) is 0 Å². The minimum absolute atomic E-state index is 0.226. The molecule has 0 aliphatic carbocycles. The van der Waals surface area contributed by atoms with Crippen LogP contribution in [0.15, 0.2) is 9.98 Å². The smallest absolute Gasteiger partial charge is 0.435 e. The molecule has 0 N–H and O–H groups in total. The Kier molecular flexibility index (Phi) is 6.93. The quantitative estimate of drug-likeness (QED) is 0.292. The highest BCUT2D eigenvalue weighted by atomic mass is 32.2. The molecular formula is C6H10N2O4S. The summed E-state index contributed by atoms with van der Waals surface area (Å²) < 4.78 is 4.30. The zero-order chi connectivity index (χ0) is 10.1. The molecule has 0 aromatic carbocycles. The summed E-state index contributed by atoms with van der Waals surface area (Å²) in [5.74, 6) is 0. The van der Waals surface area contributed by atoms with Crippen LogP contribution >= 0.6 is 11.8 Å². The van der Waals surface area contributed by atoms with Crippen molar-refractivity contribution in [3.63, 3.8) is 0 Å². The molecule has 0 aromatic rings. The van der Waals surface area contributed by atoms with E-state index in [4.69, 9.17) is 0 Å². The van der Waals surface area contributed by atoms with Gasteiger partial charge in [-0.15, -0.1) is 4.99 Å². The minimum atomic E-state index is -0.709. The molecule has 74 valence electrons. The third kappa shape index (κ3) is 6.12. The lowest BCUT2D eigenvalue weighted by Crippen LogP contribution is -1.98. The van der Waals surface area contributed by atoms with Gasteiger partial charge in [0, 0.05) is 0 Å². The Morgan fingerprint density at radius 3 is 2.62 bits per heavy atom. The van der Waals surface area contributed by atoms with Crippen molar-refractivity contribution >= 4 is 29.4 Å². The second-order valence-electron chi connectivity index (χ2n) is 1.57. The van der Waals surface area contributed by atoms with Crippen molar-refractivity contribution in [1.82, 2.24) is 0 Å². The number of aliphatic imine (C=N–C) groups is 2. The summed E-state index contributed by atoms with van der Waals surface area (Å²) in [6.45, 7) is 0. The molecule has 0 aliphatic heterocycles. The molecule has 0 rings (SSSR count). The fourth-order valence-corrected chi connectivity index (χ4v) is 0.675. The van der Waals surface area contributed by atoms with E-state index < -0.39 is 6.09 Å². The Morgan fingerprint density at radius 1 is 1.46 bits per heavy atom. The molecule has 7 heteroatoms. The van der Waals surface area contributed by atoms with Crippen LogP contribution in [0.2, 0.25) is 0 Å². The number of hydrogen-bond donors (Lipinski definition) is 0. The van der Waals surface area contributed by atoms with E-state index in [1.165, 1.54) is 26.0 Å². The van der Waals surface area contributed by atoms with Crippen molar-refractivity contribution < 1.29 is 19.3 Å². The van der Waals surface area contributed by atoms with Gasteiger partial charge in [0.15, 0.2) is 5.17 Å². The molecule has 0 unspecified atom stereocenters. The van der Waals surface area contributed by atoms with Crippen LogP contribution in [0, 0.1) is 0 Å². The lowest BCUT2D eigenvalue weighted by molar-refractivity contribution is -0.187. The molecule has 0 saturated heterocycles. The van der Waals surface area contributed by atoms with Crippen LogP contribution in [-0.2, 0) is 14.5 Å². The van der Waals surface area contributed by atoms with E-state index in [1.807, 2.05) is 0 Å². The van der Waals surface area contributed by atoms with Gasteiger partial charge in [0.25, 0.3) is 0 Å². The molecule has 0 saturated carbocycles. The van der Waals surface area contributed by atoms with E-state index in [2.05, 4.69) is 24.5 Å². The Balaban J connectivity index is 4.16. The molecule has 0 atom stereocenters.